The minimum atomic E-state index is -4.66. The molecular formula is C39H41F3N10O4. The Morgan fingerprint density at radius 1 is 0.946 bits per heavy atom. The molecule has 5 aromatic rings. The average Bonchev–Trinajstić information content (AvgIpc) is 3.79. The van der Waals surface area contributed by atoms with Gasteiger partial charge >= 0.3 is 11.9 Å². The van der Waals surface area contributed by atoms with E-state index in [1.54, 1.807) is 28.4 Å². The van der Waals surface area contributed by atoms with Crippen LogP contribution in [0.3, 0.4) is 0 Å². The van der Waals surface area contributed by atoms with Crippen molar-refractivity contribution in [3.05, 3.63) is 76.7 Å². The Morgan fingerprint density at radius 2 is 1.68 bits per heavy atom. The van der Waals surface area contributed by atoms with Crippen molar-refractivity contribution in [2.45, 2.75) is 81.7 Å². The number of amides is 3. The molecule has 3 saturated heterocycles. The van der Waals surface area contributed by atoms with Gasteiger partial charge in [0, 0.05) is 56.8 Å². The first kappa shape index (κ1) is 36.1. The first-order valence-corrected chi connectivity index (χ1v) is 19.2. The molecule has 2 N–H and O–H groups in total. The Balaban J connectivity index is 0.828. The third kappa shape index (κ3) is 6.50. The summed E-state index contributed by atoms with van der Waals surface area (Å²) in [4.78, 5) is 63.6. The summed E-state index contributed by atoms with van der Waals surface area (Å²) in [7, 11) is 1.75. The number of hydrogen-bond donors (Lipinski definition) is 2. The molecule has 56 heavy (non-hydrogen) atoms. The molecule has 9 rings (SSSR count). The van der Waals surface area contributed by atoms with E-state index < -0.39 is 29.7 Å². The van der Waals surface area contributed by atoms with Crippen LogP contribution in [0.4, 0.5) is 24.7 Å². The lowest BCUT2D eigenvalue weighted by atomic mass is 9.85. The third-order valence-electron chi connectivity index (χ3n) is 12.2. The van der Waals surface area contributed by atoms with Crippen LogP contribution >= 0.6 is 0 Å². The van der Waals surface area contributed by atoms with Crippen molar-refractivity contribution >= 4 is 51.2 Å². The number of hydrogen-bond acceptors (Lipinski definition) is 9. The molecule has 3 amide bonds. The van der Waals surface area contributed by atoms with Gasteiger partial charge in [-0.1, -0.05) is 12.1 Å². The molecule has 14 nitrogen and oxygen atoms in total. The number of nitrogens with one attached hydrogen (secondary N) is 2. The van der Waals surface area contributed by atoms with Gasteiger partial charge < -0.3 is 10.2 Å². The zero-order valence-corrected chi connectivity index (χ0v) is 30.7. The molecule has 1 saturated carbocycles. The summed E-state index contributed by atoms with van der Waals surface area (Å²) in [6, 6.07) is 11.1. The number of aromatic nitrogens is 6. The Hall–Kier alpha value is -5.58. The maximum Gasteiger partial charge on any atom is 0.433 e. The lowest BCUT2D eigenvalue weighted by molar-refractivity contribution is -0.141. The molecule has 292 valence electrons. The molecule has 3 unspecified atom stereocenters. The highest BCUT2D eigenvalue weighted by Crippen LogP contribution is 2.39. The SMILES string of the molecule is Cn1c(=O)n(C2CCC(=O)NC2=O)c2cccc(N3CC4CCC(C3)N4CC3CCC(n4cc5cc(NC(=O)c6cccc(C(F)(F)F)n6)ncc5n4)CC3)c21. The number of carbonyl (C=O) groups is 3. The molecule has 17 heteroatoms. The van der Waals surface area contributed by atoms with Gasteiger partial charge in [0.1, 0.15) is 28.8 Å². The normalized spacial score (nSPS) is 24.6. The van der Waals surface area contributed by atoms with Crippen LogP contribution in [0.15, 0.2) is 59.7 Å². The standard InChI is InChI=1S/C39H41F3N10O4/c1-48-35-29(5-3-6-30(35)52(38(48)56)31-14-15-34(53)46-37(31)55)49-20-25-12-13-26(21-49)50(25)18-22-8-10-24(11-9-22)51-19-23-16-33(43-17-28(23)47-51)45-36(54)27-4-2-7-32(44-27)39(40,41)42/h2-7,16-17,19,22,24-26,31H,8-15,18,20-21H2,1H3,(H,45,54)(H,46,53,55). The van der Waals surface area contributed by atoms with E-state index in [1.807, 2.05) is 23.0 Å². The Kier molecular flexibility index (Phi) is 8.93. The van der Waals surface area contributed by atoms with E-state index in [2.05, 4.69) is 36.5 Å². The fraction of sp³-hybridized carbons (Fsp3) is 0.462. The van der Waals surface area contributed by atoms with Gasteiger partial charge in [-0.15, -0.1) is 0 Å². The van der Waals surface area contributed by atoms with E-state index in [-0.39, 0.29) is 35.6 Å². The number of piperidine rings is 1. The maximum absolute atomic E-state index is 13.5. The molecular weight excluding hydrogens is 729 g/mol. The molecule has 3 atom stereocenters. The van der Waals surface area contributed by atoms with Crippen molar-refractivity contribution in [1.29, 1.82) is 0 Å². The first-order chi connectivity index (χ1) is 26.9. The summed E-state index contributed by atoms with van der Waals surface area (Å²) in [5, 5.41) is 10.5. The number of halogens is 3. The summed E-state index contributed by atoms with van der Waals surface area (Å²) in [6.07, 6.45) is 5.67. The zero-order valence-electron chi connectivity index (χ0n) is 30.7. The number of anilines is 2. The van der Waals surface area contributed by atoms with Gasteiger partial charge in [0.25, 0.3) is 5.91 Å². The lowest BCUT2D eigenvalue weighted by Gasteiger charge is -2.44. The van der Waals surface area contributed by atoms with Gasteiger partial charge in [-0.2, -0.15) is 18.3 Å². The van der Waals surface area contributed by atoms with Crippen molar-refractivity contribution in [1.82, 2.24) is 39.1 Å². The number of imide groups is 1. The van der Waals surface area contributed by atoms with Crippen molar-refractivity contribution in [2.24, 2.45) is 13.0 Å². The van der Waals surface area contributed by atoms with Crippen LogP contribution in [0.1, 0.15) is 79.6 Å². The maximum atomic E-state index is 13.5. The van der Waals surface area contributed by atoms with Crippen LogP contribution in [0.2, 0.25) is 0 Å². The molecule has 4 aliphatic rings. The molecule has 1 aromatic carbocycles. The quantitative estimate of drug-likeness (QED) is 0.222. The van der Waals surface area contributed by atoms with E-state index in [4.69, 9.17) is 5.10 Å². The largest absolute Gasteiger partial charge is 0.433 e. The molecule has 1 aliphatic carbocycles. The number of pyridine rings is 2. The number of benzene rings is 1. The second kappa shape index (κ2) is 13.9. The summed E-state index contributed by atoms with van der Waals surface area (Å²) in [6.45, 7) is 2.75. The second-order valence-corrected chi connectivity index (χ2v) is 15.6. The van der Waals surface area contributed by atoms with Gasteiger partial charge in [0.05, 0.1) is 29.0 Å². The molecule has 4 fully saturated rings. The first-order valence-electron chi connectivity index (χ1n) is 19.2. The van der Waals surface area contributed by atoms with E-state index in [0.29, 0.717) is 35.5 Å². The topological polar surface area (TPSA) is 152 Å². The monoisotopic (exact) mass is 770 g/mol. The third-order valence-corrected chi connectivity index (χ3v) is 12.2. The van der Waals surface area contributed by atoms with Crippen molar-refractivity contribution in [3.63, 3.8) is 0 Å². The van der Waals surface area contributed by atoms with Gasteiger partial charge in [0.15, 0.2) is 0 Å². The van der Waals surface area contributed by atoms with Crippen molar-refractivity contribution in [3.8, 4) is 0 Å². The molecule has 7 heterocycles. The van der Waals surface area contributed by atoms with Crippen molar-refractivity contribution in [2.75, 3.05) is 29.9 Å². The van der Waals surface area contributed by atoms with E-state index in [0.717, 1.165) is 86.9 Å². The molecule has 2 bridgehead atoms. The van der Waals surface area contributed by atoms with Gasteiger partial charge in [-0.25, -0.2) is 14.8 Å². The van der Waals surface area contributed by atoms with E-state index in [9.17, 15) is 32.3 Å². The lowest BCUT2D eigenvalue weighted by Crippen LogP contribution is -2.55. The summed E-state index contributed by atoms with van der Waals surface area (Å²) in [5.74, 6) is -0.770. The Bertz CT molecular complexity index is 2420. The Morgan fingerprint density at radius 3 is 2.41 bits per heavy atom. The molecule has 0 radical (unpaired) electrons. The van der Waals surface area contributed by atoms with Gasteiger partial charge in [0.2, 0.25) is 11.8 Å². The highest BCUT2D eigenvalue weighted by molar-refractivity contribution is 6.03. The van der Waals surface area contributed by atoms with E-state index in [1.165, 1.54) is 6.07 Å². The highest BCUT2D eigenvalue weighted by Gasteiger charge is 2.42. The number of imidazole rings is 1. The fourth-order valence-electron chi connectivity index (χ4n) is 9.38. The average molecular weight is 771 g/mol. The minimum Gasteiger partial charge on any atom is -0.367 e. The van der Waals surface area contributed by atoms with Crippen LogP contribution in [-0.2, 0) is 22.8 Å². The number of para-hydroxylation sites is 1. The number of piperazine rings is 1. The highest BCUT2D eigenvalue weighted by atomic mass is 19.4. The summed E-state index contributed by atoms with van der Waals surface area (Å²) >= 11 is 0. The predicted molar refractivity (Wildman–Crippen MR) is 200 cm³/mol. The molecule has 3 aliphatic heterocycles. The van der Waals surface area contributed by atoms with Crippen LogP contribution in [-0.4, -0.2) is 83.2 Å². The number of nitrogens with zero attached hydrogens (tertiary/aromatic N) is 8. The van der Waals surface area contributed by atoms with Crippen molar-refractivity contribution < 1.29 is 27.6 Å². The molecule has 0 spiro atoms. The number of rotatable bonds is 7. The minimum absolute atomic E-state index is 0.199. The number of fused-ring (bicyclic) bond motifs is 4. The second-order valence-electron chi connectivity index (χ2n) is 15.6. The number of aryl methyl sites for hydroxylation is 1. The van der Waals surface area contributed by atoms with Crippen LogP contribution in [0.5, 0.6) is 0 Å². The van der Waals surface area contributed by atoms with Crippen LogP contribution < -0.4 is 21.2 Å². The number of alkyl halides is 3. The van der Waals surface area contributed by atoms with E-state index >= 15 is 0 Å². The Labute approximate surface area is 318 Å². The summed E-state index contributed by atoms with van der Waals surface area (Å²) in [5.41, 5.74) is 1.42. The van der Waals surface area contributed by atoms with Gasteiger partial charge in [-0.3, -0.25) is 38.4 Å². The zero-order chi connectivity index (χ0) is 38.9. The molecule has 4 aromatic heterocycles. The van der Waals surface area contributed by atoms with Crippen LogP contribution in [0.25, 0.3) is 21.9 Å². The van der Waals surface area contributed by atoms with Gasteiger partial charge in [-0.05, 0) is 81.2 Å². The summed E-state index contributed by atoms with van der Waals surface area (Å²) < 4.78 is 44.4. The smallest absolute Gasteiger partial charge is 0.367 e. The van der Waals surface area contributed by atoms with Crippen LogP contribution in [0, 0.1) is 5.92 Å². The fourth-order valence-corrected chi connectivity index (χ4v) is 9.38. The predicted octanol–water partition coefficient (Wildman–Crippen LogP) is 4.81. The number of carbonyl (C=O) groups excluding carboxylic acids is 3.